The van der Waals surface area contributed by atoms with Crippen LogP contribution in [-0.4, -0.2) is 48.9 Å². The third kappa shape index (κ3) is 4.25. The third-order valence-electron chi connectivity index (χ3n) is 4.41. The lowest BCUT2D eigenvalue weighted by Crippen LogP contribution is -2.36. The summed E-state index contributed by atoms with van der Waals surface area (Å²) < 4.78 is 5.83. The summed E-state index contributed by atoms with van der Waals surface area (Å²) >= 11 is 0. The van der Waals surface area contributed by atoms with Gasteiger partial charge in [-0.2, -0.15) is 0 Å². The number of nitrogens with one attached hydrogen (secondary N) is 1. The maximum Gasteiger partial charge on any atom is 0.119 e. The molecule has 2 aliphatic heterocycles. The number of ether oxygens (including phenoxy) is 1. The third-order valence-corrected chi connectivity index (χ3v) is 4.41. The van der Waals surface area contributed by atoms with Crippen molar-refractivity contribution in [3.63, 3.8) is 0 Å². The fraction of sp³-hybridized carbons (Fsp3) is 0.556. The number of hydrazine groups is 1. The minimum Gasteiger partial charge on any atom is -0.494 e. The van der Waals surface area contributed by atoms with E-state index in [2.05, 4.69) is 17.2 Å². The van der Waals surface area contributed by atoms with Gasteiger partial charge in [0, 0.05) is 12.6 Å². The maximum atomic E-state index is 9.42. The van der Waals surface area contributed by atoms with Gasteiger partial charge in [0.2, 0.25) is 0 Å². The first-order valence-electron chi connectivity index (χ1n) is 8.59. The Bertz CT molecular complexity index is 524. The van der Waals surface area contributed by atoms with Crippen LogP contribution in [0.25, 0.3) is 0 Å². The van der Waals surface area contributed by atoms with Crippen LogP contribution < -0.4 is 15.2 Å². The molecule has 23 heavy (non-hydrogen) atoms. The van der Waals surface area contributed by atoms with Crippen molar-refractivity contribution in [3.8, 4) is 5.75 Å². The Morgan fingerprint density at radius 1 is 1.22 bits per heavy atom. The van der Waals surface area contributed by atoms with Gasteiger partial charge in [0.15, 0.2) is 0 Å². The molecule has 1 fully saturated rings. The number of aliphatic hydroxyl groups is 1. The second-order valence-electron chi connectivity index (χ2n) is 6.31. The van der Waals surface area contributed by atoms with E-state index in [0.717, 1.165) is 36.7 Å². The highest BCUT2D eigenvalue weighted by atomic mass is 16.5. The second-order valence-corrected chi connectivity index (χ2v) is 6.31. The smallest absolute Gasteiger partial charge is 0.119 e. The summed E-state index contributed by atoms with van der Waals surface area (Å²) in [4.78, 5) is 2.51. The molecule has 0 aromatic heterocycles. The Hall–Kier alpha value is -1.56. The van der Waals surface area contributed by atoms with E-state index < -0.39 is 0 Å². The summed E-state index contributed by atoms with van der Waals surface area (Å²) in [5, 5.41) is 11.4. The van der Waals surface area contributed by atoms with Gasteiger partial charge in [-0.15, -0.1) is 0 Å². The first-order chi connectivity index (χ1) is 11.3. The molecule has 3 rings (SSSR count). The van der Waals surface area contributed by atoms with Crippen molar-refractivity contribution in [1.82, 2.24) is 10.3 Å². The minimum absolute atomic E-state index is 0.0338. The number of hydrogen-bond acceptors (Lipinski definition) is 5. The molecule has 126 valence electrons. The number of hydrogen-bond donors (Lipinski definition) is 2. The van der Waals surface area contributed by atoms with E-state index in [9.17, 15) is 5.11 Å². The lowest BCUT2D eigenvalue weighted by molar-refractivity contribution is 0.263. The fourth-order valence-corrected chi connectivity index (χ4v) is 3.23. The first kappa shape index (κ1) is 16.3. The van der Waals surface area contributed by atoms with Crippen molar-refractivity contribution < 1.29 is 9.84 Å². The molecule has 1 unspecified atom stereocenters. The lowest BCUT2D eigenvalue weighted by atomic mass is 10.2. The zero-order valence-corrected chi connectivity index (χ0v) is 13.9. The highest BCUT2D eigenvalue weighted by molar-refractivity contribution is 5.54. The molecule has 0 bridgehead atoms. The zero-order valence-electron chi connectivity index (χ0n) is 13.9. The minimum atomic E-state index is 0.0338. The standard InChI is InChI=1S/C18H27N3O2/c1-15-13-17(14-22)21(19-15)16-5-7-18(8-6-16)23-12-4-11-20-9-2-3-10-20/h5-8,13,15,19,22H,2-4,9-12,14H2,1H3. The molecule has 0 aliphatic carbocycles. The van der Waals surface area contributed by atoms with Crippen LogP contribution in [-0.2, 0) is 0 Å². The van der Waals surface area contributed by atoms with Crippen molar-refractivity contribution in [3.05, 3.63) is 36.0 Å². The molecule has 1 aromatic carbocycles. The van der Waals surface area contributed by atoms with Crippen LogP contribution in [0.2, 0.25) is 0 Å². The van der Waals surface area contributed by atoms with Crippen LogP contribution in [0.4, 0.5) is 5.69 Å². The first-order valence-corrected chi connectivity index (χ1v) is 8.59. The van der Waals surface area contributed by atoms with Crippen molar-refractivity contribution in [2.24, 2.45) is 0 Å². The van der Waals surface area contributed by atoms with E-state index in [0.29, 0.717) is 0 Å². The number of likely N-dealkylation sites (tertiary alicyclic amines) is 1. The fourth-order valence-electron chi connectivity index (χ4n) is 3.23. The van der Waals surface area contributed by atoms with Gasteiger partial charge in [-0.3, -0.25) is 5.01 Å². The molecular weight excluding hydrogens is 290 g/mol. The normalized spacial score (nSPS) is 21.7. The quantitative estimate of drug-likeness (QED) is 0.755. The maximum absolute atomic E-state index is 9.42. The van der Waals surface area contributed by atoms with Gasteiger partial charge in [0.05, 0.1) is 24.6 Å². The summed E-state index contributed by atoms with van der Waals surface area (Å²) in [5.74, 6) is 0.900. The lowest BCUT2D eigenvalue weighted by Gasteiger charge is -2.22. The van der Waals surface area contributed by atoms with Crippen molar-refractivity contribution in [2.75, 3.05) is 37.9 Å². The zero-order chi connectivity index (χ0) is 16.1. The van der Waals surface area contributed by atoms with Crippen LogP contribution in [0.3, 0.4) is 0 Å². The summed E-state index contributed by atoms with van der Waals surface area (Å²) in [6, 6.07) is 8.25. The molecule has 1 aromatic rings. The topological polar surface area (TPSA) is 48.0 Å². The summed E-state index contributed by atoms with van der Waals surface area (Å²) in [6.45, 7) is 6.49. The average Bonchev–Trinajstić information content (AvgIpc) is 3.21. The van der Waals surface area contributed by atoms with Gasteiger partial charge in [0.25, 0.3) is 0 Å². The molecule has 5 nitrogen and oxygen atoms in total. The summed E-state index contributed by atoms with van der Waals surface area (Å²) in [5.41, 5.74) is 5.21. The molecule has 2 aliphatic rings. The molecule has 2 heterocycles. The molecule has 1 saturated heterocycles. The van der Waals surface area contributed by atoms with Crippen LogP contribution in [0.5, 0.6) is 5.75 Å². The average molecular weight is 317 g/mol. The van der Waals surface area contributed by atoms with Gasteiger partial charge >= 0.3 is 0 Å². The number of rotatable bonds is 7. The van der Waals surface area contributed by atoms with E-state index in [1.165, 1.54) is 25.9 Å². The number of aliphatic hydroxyl groups excluding tert-OH is 1. The Morgan fingerprint density at radius 3 is 2.65 bits per heavy atom. The van der Waals surface area contributed by atoms with Crippen molar-refractivity contribution >= 4 is 5.69 Å². The van der Waals surface area contributed by atoms with Gasteiger partial charge in [-0.1, -0.05) is 0 Å². The molecular formula is C18H27N3O2. The van der Waals surface area contributed by atoms with E-state index in [4.69, 9.17) is 4.74 Å². The highest BCUT2D eigenvalue weighted by Crippen LogP contribution is 2.24. The van der Waals surface area contributed by atoms with Gasteiger partial charge in [-0.05, 0) is 69.6 Å². The van der Waals surface area contributed by atoms with Crippen molar-refractivity contribution in [1.29, 1.82) is 0 Å². The largest absolute Gasteiger partial charge is 0.494 e. The van der Waals surface area contributed by atoms with Gasteiger partial charge in [0.1, 0.15) is 5.75 Å². The van der Waals surface area contributed by atoms with E-state index >= 15 is 0 Å². The molecule has 0 spiro atoms. The van der Waals surface area contributed by atoms with Crippen LogP contribution >= 0.6 is 0 Å². The van der Waals surface area contributed by atoms with Crippen LogP contribution in [0.1, 0.15) is 26.2 Å². The molecule has 2 N–H and O–H groups in total. The number of nitrogens with zero attached hydrogens (tertiary/aromatic N) is 2. The number of benzene rings is 1. The monoisotopic (exact) mass is 317 g/mol. The predicted molar refractivity (Wildman–Crippen MR) is 92.5 cm³/mol. The molecule has 0 amide bonds. The Kier molecular flexibility index (Phi) is 5.54. The number of anilines is 1. The van der Waals surface area contributed by atoms with Crippen LogP contribution in [0, 0.1) is 0 Å². The highest BCUT2D eigenvalue weighted by Gasteiger charge is 2.20. The Balaban J connectivity index is 1.46. The molecule has 5 heteroatoms. The Morgan fingerprint density at radius 2 is 1.96 bits per heavy atom. The van der Waals surface area contributed by atoms with Gasteiger partial charge in [-0.25, -0.2) is 5.43 Å². The van der Waals surface area contributed by atoms with E-state index in [1.807, 2.05) is 35.4 Å². The van der Waals surface area contributed by atoms with Crippen molar-refractivity contribution in [2.45, 2.75) is 32.2 Å². The molecule has 0 saturated carbocycles. The van der Waals surface area contributed by atoms with E-state index in [1.54, 1.807) is 0 Å². The predicted octanol–water partition coefficient (Wildman–Crippen LogP) is 2.14. The molecule has 0 radical (unpaired) electrons. The Labute approximate surface area is 138 Å². The molecule has 1 atom stereocenters. The van der Waals surface area contributed by atoms with Gasteiger partial charge < -0.3 is 14.7 Å². The summed E-state index contributed by atoms with van der Waals surface area (Å²) in [7, 11) is 0. The second kappa shape index (κ2) is 7.81. The SMILES string of the molecule is CC1C=C(CO)N(c2ccc(OCCCN3CCCC3)cc2)N1. The van der Waals surface area contributed by atoms with Crippen LogP contribution in [0.15, 0.2) is 36.0 Å². The summed E-state index contributed by atoms with van der Waals surface area (Å²) in [6.07, 6.45) is 5.79. The van der Waals surface area contributed by atoms with E-state index in [-0.39, 0.29) is 12.6 Å².